The summed E-state index contributed by atoms with van der Waals surface area (Å²) < 4.78 is 61.3. The second-order valence-corrected chi connectivity index (χ2v) is 8.46. The number of β-amino-alcohol motifs (C(OH)–C–C–N with tert-alkyl or cyclic N) is 1. The molecule has 4 nitrogen and oxygen atoms in total. The number of alkyl halides is 3. The van der Waals surface area contributed by atoms with E-state index in [9.17, 15) is 26.7 Å². The van der Waals surface area contributed by atoms with Crippen LogP contribution in [0.15, 0.2) is 53.4 Å². The number of sulfone groups is 1. The minimum atomic E-state index is -4.39. The Morgan fingerprint density at radius 2 is 1.62 bits per heavy atom. The summed E-state index contributed by atoms with van der Waals surface area (Å²) in [4.78, 5) is 2.06. The molecule has 0 spiro atoms. The normalized spacial score (nSPS) is 21.2. The predicted molar refractivity (Wildman–Crippen MR) is 91.7 cm³/mol. The highest BCUT2D eigenvalue weighted by Crippen LogP contribution is 2.38. The zero-order valence-electron chi connectivity index (χ0n) is 13.9. The lowest BCUT2D eigenvalue weighted by Gasteiger charge is -2.27. The third-order valence-corrected chi connectivity index (χ3v) is 5.63. The highest BCUT2D eigenvalue weighted by molar-refractivity contribution is 7.90. The van der Waals surface area contributed by atoms with Crippen LogP contribution in [0.3, 0.4) is 0 Å². The number of benzene rings is 2. The van der Waals surface area contributed by atoms with Crippen molar-refractivity contribution in [2.75, 3.05) is 17.7 Å². The molecule has 1 heterocycles. The molecule has 2 aromatic rings. The molecule has 140 valence electrons. The van der Waals surface area contributed by atoms with E-state index in [-0.39, 0.29) is 10.9 Å². The summed E-state index contributed by atoms with van der Waals surface area (Å²) in [7, 11) is -3.31. The highest BCUT2D eigenvalue weighted by Gasteiger charge is 2.34. The predicted octanol–water partition coefficient (Wildman–Crippen LogP) is 3.42. The Labute approximate surface area is 149 Å². The van der Waals surface area contributed by atoms with Crippen LogP contribution in [0.25, 0.3) is 0 Å². The van der Waals surface area contributed by atoms with E-state index in [0.29, 0.717) is 24.2 Å². The van der Waals surface area contributed by atoms with Crippen LogP contribution in [0.2, 0.25) is 0 Å². The summed E-state index contributed by atoms with van der Waals surface area (Å²) in [5.74, 6) is 0. The van der Waals surface area contributed by atoms with Gasteiger partial charge in [-0.25, -0.2) is 8.42 Å². The Morgan fingerprint density at radius 1 is 1.04 bits per heavy atom. The molecule has 8 heteroatoms. The van der Waals surface area contributed by atoms with Gasteiger partial charge in [0.2, 0.25) is 0 Å². The topological polar surface area (TPSA) is 57.6 Å². The van der Waals surface area contributed by atoms with Gasteiger partial charge < -0.3 is 10.0 Å². The zero-order valence-corrected chi connectivity index (χ0v) is 14.8. The monoisotopic (exact) mass is 385 g/mol. The van der Waals surface area contributed by atoms with Gasteiger partial charge in [-0.1, -0.05) is 12.1 Å². The van der Waals surface area contributed by atoms with Crippen molar-refractivity contribution >= 4 is 15.5 Å². The first-order valence-electron chi connectivity index (χ1n) is 7.98. The first kappa shape index (κ1) is 18.7. The fourth-order valence-corrected chi connectivity index (χ4v) is 3.82. The number of nitrogens with zero attached hydrogens (tertiary/aromatic N) is 1. The Kier molecular flexibility index (Phi) is 4.74. The van der Waals surface area contributed by atoms with E-state index in [1.165, 1.54) is 24.3 Å². The van der Waals surface area contributed by atoms with Crippen LogP contribution in [0.4, 0.5) is 18.9 Å². The molecule has 0 amide bonds. The molecule has 1 fully saturated rings. The molecular weight excluding hydrogens is 367 g/mol. The minimum Gasteiger partial charge on any atom is -0.391 e. The Hall–Kier alpha value is -2.06. The number of hydrogen-bond acceptors (Lipinski definition) is 4. The van der Waals surface area contributed by atoms with E-state index >= 15 is 0 Å². The molecule has 1 aliphatic heterocycles. The van der Waals surface area contributed by atoms with Gasteiger partial charge >= 0.3 is 6.18 Å². The summed E-state index contributed by atoms with van der Waals surface area (Å²) in [5.41, 5.74) is 0.657. The van der Waals surface area contributed by atoms with Crippen LogP contribution in [0, 0.1) is 0 Å². The van der Waals surface area contributed by atoms with E-state index in [0.717, 1.165) is 18.4 Å². The fraction of sp³-hybridized carbons (Fsp3) is 0.333. The van der Waals surface area contributed by atoms with Crippen LogP contribution >= 0.6 is 0 Å². The van der Waals surface area contributed by atoms with Crippen molar-refractivity contribution in [2.45, 2.75) is 29.6 Å². The third-order valence-electron chi connectivity index (χ3n) is 4.50. The lowest BCUT2D eigenvalue weighted by atomic mass is 10.0. The Morgan fingerprint density at radius 3 is 2.12 bits per heavy atom. The van der Waals surface area contributed by atoms with Crippen LogP contribution < -0.4 is 4.90 Å². The smallest absolute Gasteiger partial charge is 0.391 e. The maximum atomic E-state index is 12.7. The number of anilines is 1. The van der Waals surface area contributed by atoms with Crippen LogP contribution in [0.5, 0.6) is 0 Å². The van der Waals surface area contributed by atoms with Gasteiger partial charge in [0.25, 0.3) is 0 Å². The molecule has 2 aromatic carbocycles. The molecular formula is C18H18F3NO3S. The van der Waals surface area contributed by atoms with Gasteiger partial charge in [-0.2, -0.15) is 13.2 Å². The number of aliphatic hydroxyl groups excluding tert-OH is 1. The second kappa shape index (κ2) is 6.59. The molecule has 0 radical (unpaired) electrons. The molecule has 0 saturated carbocycles. The SMILES string of the molecule is CS(=O)(=O)c1ccc(N2CC(O)CC2c2ccc(C(F)(F)F)cc2)cc1. The van der Waals surface area contributed by atoms with E-state index < -0.39 is 27.7 Å². The van der Waals surface area contributed by atoms with Gasteiger partial charge in [0.05, 0.1) is 22.6 Å². The van der Waals surface area contributed by atoms with E-state index in [1.807, 2.05) is 4.90 Å². The summed E-state index contributed by atoms with van der Waals surface area (Å²) in [6.45, 7) is 0.323. The first-order chi connectivity index (χ1) is 12.1. The van der Waals surface area contributed by atoms with Crippen molar-refractivity contribution in [3.63, 3.8) is 0 Å². The number of aliphatic hydroxyl groups is 1. The zero-order chi connectivity index (χ0) is 19.1. The number of rotatable bonds is 3. The summed E-state index contributed by atoms with van der Waals surface area (Å²) in [6, 6.07) is 10.9. The first-order valence-corrected chi connectivity index (χ1v) is 9.87. The Bertz CT molecular complexity index is 877. The molecule has 1 saturated heterocycles. The van der Waals surface area contributed by atoms with Crippen LogP contribution in [0.1, 0.15) is 23.6 Å². The molecule has 0 bridgehead atoms. The lowest BCUT2D eigenvalue weighted by Crippen LogP contribution is -2.24. The van der Waals surface area contributed by atoms with Crippen LogP contribution in [-0.2, 0) is 16.0 Å². The molecule has 2 atom stereocenters. The second-order valence-electron chi connectivity index (χ2n) is 6.44. The molecule has 1 aliphatic rings. The maximum absolute atomic E-state index is 12.7. The minimum absolute atomic E-state index is 0.187. The molecule has 1 N–H and O–H groups in total. The van der Waals surface area contributed by atoms with Gasteiger partial charge in [-0.05, 0) is 48.4 Å². The number of hydrogen-bond donors (Lipinski definition) is 1. The Balaban J connectivity index is 1.89. The van der Waals surface area contributed by atoms with Gasteiger partial charge in [-0.3, -0.25) is 0 Å². The van der Waals surface area contributed by atoms with Crippen LogP contribution in [-0.4, -0.2) is 32.4 Å². The third kappa shape index (κ3) is 3.86. The highest BCUT2D eigenvalue weighted by atomic mass is 32.2. The number of halogens is 3. The summed E-state index contributed by atoms with van der Waals surface area (Å²) in [5, 5.41) is 10.0. The van der Waals surface area contributed by atoms with Crippen molar-refractivity contribution in [2.24, 2.45) is 0 Å². The summed E-state index contributed by atoms with van der Waals surface area (Å²) in [6.07, 6.45) is -3.50. The average molecular weight is 385 g/mol. The van der Waals surface area contributed by atoms with E-state index in [4.69, 9.17) is 0 Å². The van der Waals surface area contributed by atoms with Gasteiger partial charge in [0, 0.05) is 18.5 Å². The molecule has 26 heavy (non-hydrogen) atoms. The maximum Gasteiger partial charge on any atom is 0.416 e. The molecule has 0 aromatic heterocycles. The lowest BCUT2D eigenvalue weighted by molar-refractivity contribution is -0.137. The van der Waals surface area contributed by atoms with Gasteiger partial charge in [-0.15, -0.1) is 0 Å². The van der Waals surface area contributed by atoms with E-state index in [1.54, 1.807) is 12.1 Å². The fourth-order valence-electron chi connectivity index (χ4n) is 3.19. The van der Waals surface area contributed by atoms with Crippen molar-refractivity contribution in [1.82, 2.24) is 0 Å². The van der Waals surface area contributed by atoms with Crippen molar-refractivity contribution in [3.05, 3.63) is 59.7 Å². The van der Waals surface area contributed by atoms with Crippen molar-refractivity contribution in [3.8, 4) is 0 Å². The quantitative estimate of drug-likeness (QED) is 0.880. The molecule has 2 unspecified atom stereocenters. The summed E-state index contributed by atoms with van der Waals surface area (Å²) >= 11 is 0. The van der Waals surface area contributed by atoms with Crippen molar-refractivity contribution < 1.29 is 26.7 Å². The van der Waals surface area contributed by atoms with E-state index in [2.05, 4.69) is 0 Å². The molecule has 0 aliphatic carbocycles. The largest absolute Gasteiger partial charge is 0.416 e. The average Bonchev–Trinajstić information content (AvgIpc) is 2.95. The molecule has 3 rings (SSSR count). The van der Waals surface area contributed by atoms with Gasteiger partial charge in [0.15, 0.2) is 9.84 Å². The van der Waals surface area contributed by atoms with Crippen molar-refractivity contribution in [1.29, 1.82) is 0 Å². The van der Waals surface area contributed by atoms with Gasteiger partial charge in [0.1, 0.15) is 0 Å². The standard InChI is InChI=1S/C18H18F3NO3S/c1-26(24,25)16-8-6-14(7-9-16)22-11-15(23)10-17(22)12-2-4-13(5-3-12)18(19,20)21/h2-9,15,17,23H,10-11H2,1H3.